The Bertz CT molecular complexity index is 781. The van der Waals surface area contributed by atoms with Crippen molar-refractivity contribution in [2.45, 2.75) is 32.7 Å². The third-order valence-corrected chi connectivity index (χ3v) is 4.67. The van der Waals surface area contributed by atoms with E-state index in [2.05, 4.69) is 38.2 Å². The molecule has 26 heavy (non-hydrogen) atoms. The van der Waals surface area contributed by atoms with Gasteiger partial charge in [-0.15, -0.1) is 0 Å². The van der Waals surface area contributed by atoms with Gasteiger partial charge < -0.3 is 20.1 Å². The lowest BCUT2D eigenvalue weighted by Gasteiger charge is -2.16. The van der Waals surface area contributed by atoms with E-state index < -0.39 is 0 Å². The predicted molar refractivity (Wildman–Crippen MR) is 104 cm³/mol. The molecule has 1 aliphatic rings. The summed E-state index contributed by atoms with van der Waals surface area (Å²) in [6.07, 6.45) is 2.62. The second kappa shape index (κ2) is 8.69. The van der Waals surface area contributed by atoms with Gasteiger partial charge in [0.05, 0.1) is 11.0 Å². The molecule has 0 saturated carbocycles. The van der Waals surface area contributed by atoms with Gasteiger partial charge in [-0.1, -0.05) is 12.1 Å². The van der Waals surface area contributed by atoms with Gasteiger partial charge in [0.15, 0.2) is 5.96 Å². The smallest absolute Gasteiger partial charge is 0.222 e. The van der Waals surface area contributed by atoms with Crippen molar-refractivity contribution in [1.29, 1.82) is 0 Å². The Morgan fingerprint density at radius 2 is 2.15 bits per heavy atom. The monoisotopic (exact) mass is 356 g/mol. The predicted octanol–water partition coefficient (Wildman–Crippen LogP) is 1.64. The summed E-state index contributed by atoms with van der Waals surface area (Å²) in [6.45, 7) is 5.88. The number of para-hydroxylation sites is 2. The number of nitrogens with zero attached hydrogens (tertiary/aromatic N) is 4. The number of amides is 1. The summed E-state index contributed by atoms with van der Waals surface area (Å²) in [4.78, 5) is 22.9. The van der Waals surface area contributed by atoms with Gasteiger partial charge in [0.1, 0.15) is 12.4 Å². The van der Waals surface area contributed by atoms with E-state index in [4.69, 9.17) is 0 Å². The molecule has 2 aromatic rings. The van der Waals surface area contributed by atoms with Crippen molar-refractivity contribution >= 4 is 22.9 Å². The summed E-state index contributed by atoms with van der Waals surface area (Å²) < 4.78 is 2.08. The highest BCUT2D eigenvalue weighted by atomic mass is 16.2. The average Bonchev–Trinajstić information content (AvgIpc) is 3.20. The standard InChI is InChI=1S/C19H28N6O/c1-3-20-19(21-11-7-13-25-12-6-10-18(25)26)22-14-17-23-15-8-4-5-9-16(15)24(17)2/h4-5,8-9H,3,6-7,10-14H2,1-2H3,(H2,20,21,22). The maximum absolute atomic E-state index is 11.6. The average molecular weight is 356 g/mol. The van der Waals surface area contributed by atoms with E-state index in [1.54, 1.807) is 0 Å². The van der Waals surface area contributed by atoms with Gasteiger partial charge in [-0.3, -0.25) is 4.79 Å². The van der Waals surface area contributed by atoms with E-state index in [0.717, 1.165) is 61.8 Å². The lowest BCUT2D eigenvalue weighted by Crippen LogP contribution is -2.39. The first-order valence-electron chi connectivity index (χ1n) is 9.39. The number of carbonyl (C=O) groups excluding carboxylic acids is 1. The summed E-state index contributed by atoms with van der Waals surface area (Å²) in [6, 6.07) is 8.11. The number of hydrogen-bond donors (Lipinski definition) is 2. The molecule has 0 unspecified atom stereocenters. The van der Waals surface area contributed by atoms with Gasteiger partial charge in [-0.2, -0.15) is 0 Å². The Balaban J connectivity index is 1.54. The van der Waals surface area contributed by atoms with E-state index in [1.165, 1.54) is 0 Å². The van der Waals surface area contributed by atoms with Crippen molar-refractivity contribution in [2.24, 2.45) is 12.0 Å². The van der Waals surface area contributed by atoms with Gasteiger partial charge in [-0.25, -0.2) is 9.98 Å². The zero-order chi connectivity index (χ0) is 18.4. The van der Waals surface area contributed by atoms with E-state index in [9.17, 15) is 4.79 Å². The quantitative estimate of drug-likeness (QED) is 0.449. The zero-order valence-electron chi connectivity index (χ0n) is 15.7. The number of carbonyl (C=O) groups is 1. The molecule has 1 aromatic heterocycles. The first kappa shape index (κ1) is 18.2. The highest BCUT2D eigenvalue weighted by Gasteiger charge is 2.18. The van der Waals surface area contributed by atoms with Crippen LogP contribution in [0.4, 0.5) is 0 Å². The van der Waals surface area contributed by atoms with Gasteiger partial charge in [0.2, 0.25) is 5.91 Å². The molecule has 140 valence electrons. The topological polar surface area (TPSA) is 74.6 Å². The van der Waals surface area contributed by atoms with Crippen molar-refractivity contribution in [3.8, 4) is 0 Å². The number of hydrogen-bond acceptors (Lipinski definition) is 3. The molecule has 7 nitrogen and oxygen atoms in total. The van der Waals surface area contributed by atoms with Crippen LogP contribution in [-0.4, -0.2) is 52.5 Å². The molecule has 0 radical (unpaired) electrons. The minimum absolute atomic E-state index is 0.285. The van der Waals surface area contributed by atoms with Crippen LogP contribution in [-0.2, 0) is 18.4 Å². The van der Waals surface area contributed by atoms with E-state index in [1.807, 2.05) is 30.1 Å². The highest BCUT2D eigenvalue weighted by Crippen LogP contribution is 2.14. The number of aromatic nitrogens is 2. The highest BCUT2D eigenvalue weighted by molar-refractivity contribution is 5.80. The summed E-state index contributed by atoms with van der Waals surface area (Å²) in [7, 11) is 2.02. The van der Waals surface area contributed by atoms with Crippen LogP contribution in [0.1, 0.15) is 32.0 Å². The van der Waals surface area contributed by atoms with Gasteiger partial charge in [0.25, 0.3) is 0 Å². The number of rotatable bonds is 7. The minimum Gasteiger partial charge on any atom is -0.357 e. The Hall–Kier alpha value is -2.57. The molecule has 0 bridgehead atoms. The Morgan fingerprint density at radius 1 is 1.31 bits per heavy atom. The SMILES string of the molecule is CCNC(=NCc1nc2ccccc2n1C)NCCCN1CCCC1=O. The number of benzene rings is 1. The summed E-state index contributed by atoms with van der Waals surface area (Å²) in [5.41, 5.74) is 2.11. The maximum atomic E-state index is 11.6. The Kier molecular flexibility index (Phi) is 6.09. The summed E-state index contributed by atoms with van der Waals surface area (Å²) in [5, 5.41) is 6.61. The van der Waals surface area contributed by atoms with Crippen LogP contribution in [0.15, 0.2) is 29.3 Å². The van der Waals surface area contributed by atoms with Crippen LogP contribution in [0.2, 0.25) is 0 Å². The summed E-state index contributed by atoms with van der Waals surface area (Å²) >= 11 is 0. The van der Waals surface area contributed by atoms with Crippen molar-refractivity contribution in [2.75, 3.05) is 26.2 Å². The number of nitrogens with one attached hydrogen (secondary N) is 2. The first-order valence-corrected chi connectivity index (χ1v) is 9.39. The van der Waals surface area contributed by atoms with Crippen LogP contribution < -0.4 is 10.6 Å². The fourth-order valence-electron chi connectivity index (χ4n) is 3.25. The van der Waals surface area contributed by atoms with Crippen molar-refractivity contribution in [3.05, 3.63) is 30.1 Å². The molecule has 2 N–H and O–H groups in total. The fourth-order valence-corrected chi connectivity index (χ4v) is 3.25. The van der Waals surface area contributed by atoms with Crippen LogP contribution in [0.3, 0.4) is 0 Å². The molecule has 1 fully saturated rings. The molecule has 1 aromatic carbocycles. The first-order chi connectivity index (χ1) is 12.7. The number of imidazole rings is 1. The number of aryl methyl sites for hydroxylation is 1. The van der Waals surface area contributed by atoms with E-state index in [-0.39, 0.29) is 5.91 Å². The largest absolute Gasteiger partial charge is 0.357 e. The van der Waals surface area contributed by atoms with Crippen LogP contribution in [0.25, 0.3) is 11.0 Å². The van der Waals surface area contributed by atoms with Crippen LogP contribution in [0.5, 0.6) is 0 Å². The second-order valence-electron chi connectivity index (χ2n) is 6.54. The molecular weight excluding hydrogens is 328 g/mol. The van der Waals surface area contributed by atoms with Gasteiger partial charge in [0, 0.05) is 39.6 Å². The fraction of sp³-hybridized carbons (Fsp3) is 0.526. The number of aliphatic imine (C=N–C) groups is 1. The maximum Gasteiger partial charge on any atom is 0.222 e. The minimum atomic E-state index is 0.285. The second-order valence-corrected chi connectivity index (χ2v) is 6.54. The molecule has 3 rings (SSSR count). The Morgan fingerprint density at radius 3 is 2.88 bits per heavy atom. The van der Waals surface area contributed by atoms with Crippen molar-refractivity contribution in [3.63, 3.8) is 0 Å². The van der Waals surface area contributed by atoms with E-state index in [0.29, 0.717) is 13.0 Å². The third-order valence-electron chi connectivity index (χ3n) is 4.67. The lowest BCUT2D eigenvalue weighted by atomic mass is 10.3. The molecule has 0 spiro atoms. The van der Waals surface area contributed by atoms with Crippen molar-refractivity contribution < 1.29 is 4.79 Å². The Labute approximate surface area is 154 Å². The third kappa shape index (κ3) is 4.33. The molecule has 1 amide bonds. The zero-order valence-corrected chi connectivity index (χ0v) is 15.7. The summed E-state index contributed by atoms with van der Waals surface area (Å²) in [5.74, 6) is 2.01. The van der Waals surface area contributed by atoms with Gasteiger partial charge >= 0.3 is 0 Å². The lowest BCUT2D eigenvalue weighted by molar-refractivity contribution is -0.127. The molecule has 1 aliphatic heterocycles. The molecule has 7 heteroatoms. The molecule has 1 saturated heterocycles. The molecule has 0 aliphatic carbocycles. The molecular formula is C19H28N6O. The van der Waals surface area contributed by atoms with Crippen LogP contribution >= 0.6 is 0 Å². The van der Waals surface area contributed by atoms with Gasteiger partial charge in [-0.05, 0) is 31.9 Å². The molecule has 0 atom stereocenters. The molecule has 2 heterocycles. The number of fused-ring (bicyclic) bond motifs is 1. The normalized spacial score (nSPS) is 15.1. The number of likely N-dealkylation sites (tertiary alicyclic amines) is 1. The van der Waals surface area contributed by atoms with Crippen molar-refractivity contribution in [1.82, 2.24) is 25.1 Å². The number of guanidine groups is 1. The van der Waals surface area contributed by atoms with Crippen LogP contribution in [0, 0.1) is 0 Å². The van der Waals surface area contributed by atoms with E-state index >= 15 is 0 Å².